The van der Waals surface area contributed by atoms with Crippen LogP contribution in [-0.2, 0) is 31.6 Å². The summed E-state index contributed by atoms with van der Waals surface area (Å²) in [6.45, 7) is 0.736. The summed E-state index contributed by atoms with van der Waals surface area (Å²) in [6, 6.07) is 6.57. The highest BCUT2D eigenvalue weighted by molar-refractivity contribution is 7.65. The maximum absolute atomic E-state index is 12.8. The van der Waals surface area contributed by atoms with Gasteiger partial charge < -0.3 is 57.5 Å². The van der Waals surface area contributed by atoms with Crippen LogP contribution in [0.1, 0.15) is 11.8 Å². The van der Waals surface area contributed by atoms with E-state index in [0.717, 1.165) is 10.1 Å². The van der Waals surface area contributed by atoms with Crippen LogP contribution in [0.25, 0.3) is 10.8 Å². The van der Waals surface area contributed by atoms with Crippen molar-refractivity contribution in [2.24, 2.45) is 0 Å². The Morgan fingerprint density at radius 1 is 1.00 bits per heavy atom. The van der Waals surface area contributed by atoms with Gasteiger partial charge in [0.25, 0.3) is 29.0 Å². The van der Waals surface area contributed by atoms with E-state index in [0.29, 0.717) is 5.39 Å². The summed E-state index contributed by atoms with van der Waals surface area (Å²) in [5, 5.41) is 21.3. The third-order valence-electron chi connectivity index (χ3n) is 4.50. The van der Waals surface area contributed by atoms with E-state index in [2.05, 4.69) is 13.1 Å². The van der Waals surface area contributed by atoms with E-state index < -0.39 is 60.2 Å². The molecule has 2 aromatic rings. The Balaban J connectivity index is 0.00000408. The van der Waals surface area contributed by atoms with E-state index in [1.165, 1.54) is 6.20 Å². The normalized spacial score (nSPS) is 26.4. The fourth-order valence-electron chi connectivity index (χ4n) is 3.13. The molecule has 1 aromatic carbocycles. The minimum Gasteiger partial charge on any atom is -0.756 e. The third-order valence-corrected chi connectivity index (χ3v) is 8.19. The van der Waals surface area contributed by atoms with Crippen molar-refractivity contribution < 1.29 is 61.4 Å². The lowest BCUT2D eigenvalue weighted by molar-refractivity contribution is -0.250. The second-order valence-corrected chi connectivity index (χ2v) is 11.3. The fraction of sp³-hybridized carbons (Fsp3) is 0.400. The maximum Gasteiger partial charge on any atom is 0.280 e. The van der Waals surface area contributed by atoms with Crippen molar-refractivity contribution in [3.63, 3.8) is 0 Å². The second-order valence-electron chi connectivity index (χ2n) is 6.99. The second kappa shape index (κ2) is 12.4. The van der Waals surface area contributed by atoms with Crippen molar-refractivity contribution in [3.05, 3.63) is 46.4 Å². The largest absolute Gasteiger partial charge is 0.756 e. The predicted octanol–water partition coefficient (Wildman–Crippen LogP) is -0.495. The number of phosphoric acid groups is 3. The number of benzene rings is 1. The third kappa shape index (κ3) is 8.31. The number of aliphatic hydroxyl groups is 2. The smallest absolute Gasteiger partial charge is 0.280 e. The Hall–Kier alpha value is -1.40. The van der Waals surface area contributed by atoms with E-state index in [1.807, 2.05) is 6.92 Å². The number of hydrogen-bond acceptors (Lipinski definition) is 13. The highest BCUT2D eigenvalue weighted by atomic mass is 31.3. The van der Waals surface area contributed by atoms with Crippen LogP contribution in [0.3, 0.4) is 0 Å². The van der Waals surface area contributed by atoms with Crippen LogP contribution < -0.4 is 38.7 Å². The SMILES string of the molecule is Cc1ccc2c(=O)n([C@@H]3O[C@H](COP(=O)([O-])OP(=O)([O-])OP(=O)([O-])O)[C@@H](O)[C@H]3O)ccc2c1.[NH4+].[NH4+].[NH4+]. The van der Waals surface area contributed by atoms with Crippen molar-refractivity contribution in [1.29, 1.82) is 0 Å². The van der Waals surface area contributed by atoms with Gasteiger partial charge >= 0.3 is 0 Å². The maximum atomic E-state index is 12.8. The summed E-state index contributed by atoms with van der Waals surface area (Å²) in [5.41, 5.74) is 0.331. The van der Waals surface area contributed by atoms with Gasteiger partial charge in [0.1, 0.15) is 18.3 Å². The van der Waals surface area contributed by atoms with Crippen molar-refractivity contribution >= 4 is 34.2 Å². The van der Waals surface area contributed by atoms with Gasteiger partial charge in [-0.05, 0) is 24.4 Å². The van der Waals surface area contributed by atoms with E-state index >= 15 is 0 Å². The van der Waals surface area contributed by atoms with E-state index in [9.17, 15) is 43.4 Å². The molecule has 18 nitrogen and oxygen atoms in total. The minimum absolute atomic E-state index is 0. The molecule has 0 saturated carbocycles. The molecule has 1 aromatic heterocycles. The van der Waals surface area contributed by atoms with Gasteiger partial charge in [-0.3, -0.25) is 23.1 Å². The molecule has 3 unspecified atom stereocenters. The summed E-state index contributed by atoms with van der Waals surface area (Å²) in [6.07, 6.45) is -5.21. The highest BCUT2D eigenvalue weighted by Crippen LogP contribution is 2.61. The summed E-state index contributed by atoms with van der Waals surface area (Å²) < 4.78 is 50.5. The molecule has 2 heterocycles. The quantitative estimate of drug-likeness (QED) is 0.214. The lowest BCUT2D eigenvalue weighted by atomic mass is 10.1. The van der Waals surface area contributed by atoms with Crippen molar-refractivity contribution in [3.8, 4) is 0 Å². The first-order valence-corrected chi connectivity index (χ1v) is 13.4. The number of quaternary nitrogens is 3. The molecule has 208 valence electrons. The molecule has 7 atom stereocenters. The van der Waals surface area contributed by atoms with Gasteiger partial charge in [-0.1, -0.05) is 17.7 Å². The summed E-state index contributed by atoms with van der Waals surface area (Å²) in [4.78, 5) is 54.4. The number of rotatable bonds is 8. The lowest BCUT2D eigenvalue weighted by Crippen LogP contribution is -2.35. The molecule has 1 saturated heterocycles. The van der Waals surface area contributed by atoms with Gasteiger partial charge in [-0.15, -0.1) is 0 Å². The predicted molar refractivity (Wildman–Crippen MR) is 120 cm³/mol. The molecule has 1 fully saturated rings. The Morgan fingerprint density at radius 3 is 2.19 bits per heavy atom. The van der Waals surface area contributed by atoms with Gasteiger partial charge in [0, 0.05) is 11.6 Å². The molecule has 15 N–H and O–H groups in total. The van der Waals surface area contributed by atoms with Gasteiger partial charge in [0.2, 0.25) is 0 Å². The van der Waals surface area contributed by atoms with Crippen LogP contribution in [-0.4, -0.2) is 44.6 Å². The van der Waals surface area contributed by atoms with Gasteiger partial charge in [0.05, 0.1) is 6.61 Å². The highest BCUT2D eigenvalue weighted by Gasteiger charge is 2.44. The van der Waals surface area contributed by atoms with Crippen LogP contribution in [0, 0.1) is 6.92 Å². The lowest BCUT2D eigenvalue weighted by Gasteiger charge is -2.33. The molecule has 0 bridgehead atoms. The molecule has 0 amide bonds. The Labute approximate surface area is 203 Å². The van der Waals surface area contributed by atoms with Crippen LogP contribution in [0.5, 0.6) is 0 Å². The van der Waals surface area contributed by atoms with Crippen LogP contribution in [0.4, 0.5) is 0 Å². The molecule has 0 spiro atoms. The zero-order chi connectivity index (χ0) is 24.8. The number of phosphoric ester groups is 1. The van der Waals surface area contributed by atoms with Crippen molar-refractivity contribution in [2.75, 3.05) is 6.61 Å². The Kier molecular flexibility index (Phi) is 11.9. The summed E-state index contributed by atoms with van der Waals surface area (Å²) in [5.74, 6) is 0. The molecule has 21 heteroatoms. The fourth-order valence-corrected chi connectivity index (χ4v) is 6.03. The zero-order valence-electron chi connectivity index (χ0n) is 19.5. The first-order valence-electron chi connectivity index (χ1n) is 8.95. The topological polar surface area (TPSA) is 350 Å². The minimum atomic E-state index is -6.09. The van der Waals surface area contributed by atoms with Crippen LogP contribution >= 0.6 is 23.5 Å². The van der Waals surface area contributed by atoms with Gasteiger partial charge in [-0.2, -0.15) is 0 Å². The number of aromatic nitrogens is 1. The van der Waals surface area contributed by atoms with Gasteiger partial charge in [-0.25, -0.2) is 8.62 Å². The van der Waals surface area contributed by atoms with Crippen molar-refractivity contribution in [2.45, 2.75) is 31.5 Å². The van der Waals surface area contributed by atoms with Crippen LogP contribution in [0.15, 0.2) is 35.3 Å². The average molecular weight is 582 g/mol. The number of aryl methyl sites for hydroxylation is 1. The first kappa shape index (κ1) is 34.6. The standard InChI is InChI=1S/C15H20NO14P3.3H3N/c1-8-2-3-10-9(6-8)4-5-16(14(10)19)15-13(18)12(17)11(28-15)7-27-32(23,24)30-33(25,26)29-31(20,21)22;;;/h2-6,11-13,15,17-18H,7H2,1H3,(H,23,24)(H,25,26)(H2,20,21,22);3*1H3/t11-,12-,13-,15-;;;/m1.../s1. The average Bonchev–Trinajstić information content (AvgIpc) is 2.92. The van der Waals surface area contributed by atoms with Crippen LogP contribution in [0.2, 0.25) is 0 Å². The molecule has 36 heavy (non-hydrogen) atoms. The number of hydrogen-bond donors (Lipinski definition) is 6. The Bertz CT molecular complexity index is 1250. The number of nitrogens with zero attached hydrogens (tertiary/aromatic N) is 1. The van der Waals surface area contributed by atoms with E-state index in [4.69, 9.17) is 9.63 Å². The number of aliphatic hydroxyl groups excluding tert-OH is 2. The van der Waals surface area contributed by atoms with E-state index in [1.54, 1.807) is 24.3 Å². The monoisotopic (exact) mass is 582 g/mol. The first-order chi connectivity index (χ1) is 15.1. The van der Waals surface area contributed by atoms with Crippen molar-refractivity contribution in [1.82, 2.24) is 23.0 Å². The number of fused-ring (bicyclic) bond motifs is 1. The number of pyridine rings is 1. The molecule has 1 aliphatic rings. The Morgan fingerprint density at radius 2 is 1.61 bits per heavy atom. The summed E-state index contributed by atoms with van der Waals surface area (Å²) in [7, 11) is -17.8. The zero-order valence-corrected chi connectivity index (χ0v) is 22.2. The molecule has 1 aliphatic heterocycles. The molecular formula is C15H29N4O14P3. The molecular weight excluding hydrogens is 553 g/mol. The molecule has 3 rings (SSSR count). The number of ether oxygens (including phenoxy) is 1. The van der Waals surface area contributed by atoms with Gasteiger partial charge in [0.15, 0.2) is 6.23 Å². The van der Waals surface area contributed by atoms with E-state index in [-0.39, 0.29) is 23.8 Å². The summed E-state index contributed by atoms with van der Waals surface area (Å²) >= 11 is 0. The molecule has 0 radical (unpaired) electrons. The molecule has 0 aliphatic carbocycles.